The topological polar surface area (TPSA) is 63.0 Å². The second kappa shape index (κ2) is 6.56. The molecule has 0 saturated carbocycles. The maximum atomic E-state index is 11.5. The van der Waals surface area contributed by atoms with E-state index in [1.54, 1.807) is 12.1 Å². The summed E-state index contributed by atoms with van der Waals surface area (Å²) < 4.78 is 9.99. The number of nitrogens with zero attached hydrogens (tertiary/aromatic N) is 2. The monoisotopic (exact) mass is 280 g/mol. The van der Waals surface area contributed by atoms with Crippen molar-refractivity contribution in [1.82, 2.24) is 9.80 Å². The molecule has 1 fully saturated rings. The predicted molar refractivity (Wildman–Crippen MR) is 72.2 cm³/mol. The van der Waals surface area contributed by atoms with Crippen molar-refractivity contribution in [1.29, 1.82) is 0 Å². The molecular formula is C14H20N2O4. The lowest BCUT2D eigenvalue weighted by Crippen LogP contribution is -2.33. The molecule has 0 spiro atoms. The lowest BCUT2D eigenvalue weighted by molar-refractivity contribution is -0.127. The van der Waals surface area contributed by atoms with E-state index in [4.69, 9.17) is 4.42 Å². The molecule has 0 unspecified atom stereocenters. The molecule has 1 saturated heterocycles. The van der Waals surface area contributed by atoms with Gasteiger partial charge in [0.15, 0.2) is 0 Å². The Morgan fingerprint density at radius 2 is 2.30 bits per heavy atom. The summed E-state index contributed by atoms with van der Waals surface area (Å²) in [5.74, 6) is 0.692. The highest BCUT2D eigenvalue weighted by Crippen LogP contribution is 2.12. The number of likely N-dealkylation sites (tertiary alicyclic amines) is 1. The molecule has 0 atom stereocenters. The minimum absolute atomic E-state index is 0.214. The lowest BCUT2D eigenvalue weighted by atomic mass is 10.4. The van der Waals surface area contributed by atoms with Gasteiger partial charge in [0.1, 0.15) is 5.76 Å². The van der Waals surface area contributed by atoms with E-state index in [1.807, 2.05) is 11.9 Å². The van der Waals surface area contributed by atoms with Gasteiger partial charge < -0.3 is 14.1 Å². The Labute approximate surface area is 118 Å². The van der Waals surface area contributed by atoms with Crippen molar-refractivity contribution in [2.75, 3.05) is 33.8 Å². The van der Waals surface area contributed by atoms with Crippen molar-refractivity contribution in [3.05, 3.63) is 23.7 Å². The normalized spacial score (nSPS) is 15.2. The predicted octanol–water partition coefficient (Wildman–Crippen LogP) is 1.12. The Morgan fingerprint density at radius 1 is 1.50 bits per heavy atom. The van der Waals surface area contributed by atoms with Crippen molar-refractivity contribution in [3.63, 3.8) is 0 Å². The van der Waals surface area contributed by atoms with Gasteiger partial charge in [-0.15, -0.1) is 0 Å². The highest BCUT2D eigenvalue weighted by Gasteiger charge is 2.20. The van der Waals surface area contributed by atoms with Gasteiger partial charge in [-0.05, 0) is 25.6 Å². The SMILES string of the molecule is COC(=O)c1ccc(CN(C)CCN2CCCC2=O)o1. The van der Waals surface area contributed by atoms with Crippen LogP contribution in [0.15, 0.2) is 16.5 Å². The summed E-state index contributed by atoms with van der Waals surface area (Å²) in [5.41, 5.74) is 0. The zero-order valence-electron chi connectivity index (χ0n) is 11.9. The summed E-state index contributed by atoms with van der Waals surface area (Å²) in [6.07, 6.45) is 1.63. The number of hydrogen-bond acceptors (Lipinski definition) is 5. The summed E-state index contributed by atoms with van der Waals surface area (Å²) in [6, 6.07) is 3.38. The van der Waals surface area contributed by atoms with Gasteiger partial charge in [0, 0.05) is 26.1 Å². The lowest BCUT2D eigenvalue weighted by Gasteiger charge is -2.20. The second-order valence-electron chi connectivity index (χ2n) is 4.98. The van der Waals surface area contributed by atoms with Crippen LogP contribution in [0.25, 0.3) is 0 Å². The zero-order chi connectivity index (χ0) is 14.5. The number of methoxy groups -OCH3 is 1. The fraction of sp³-hybridized carbons (Fsp3) is 0.571. The number of esters is 1. The largest absolute Gasteiger partial charge is 0.463 e. The van der Waals surface area contributed by atoms with Gasteiger partial charge in [0.25, 0.3) is 0 Å². The summed E-state index contributed by atoms with van der Waals surface area (Å²) in [7, 11) is 3.28. The van der Waals surface area contributed by atoms with Crippen molar-refractivity contribution >= 4 is 11.9 Å². The van der Waals surface area contributed by atoms with Crippen molar-refractivity contribution in [2.45, 2.75) is 19.4 Å². The fourth-order valence-electron chi connectivity index (χ4n) is 2.25. The number of likely N-dealkylation sites (N-methyl/N-ethyl adjacent to an activating group) is 1. The van der Waals surface area contributed by atoms with Crippen molar-refractivity contribution in [3.8, 4) is 0 Å². The van der Waals surface area contributed by atoms with Crippen molar-refractivity contribution < 1.29 is 18.7 Å². The Bertz CT molecular complexity index is 483. The number of ether oxygens (including phenoxy) is 1. The molecule has 6 nitrogen and oxygen atoms in total. The van der Waals surface area contributed by atoms with E-state index >= 15 is 0 Å². The van der Waals surface area contributed by atoms with Crippen LogP contribution >= 0.6 is 0 Å². The van der Waals surface area contributed by atoms with Gasteiger partial charge in [0.05, 0.1) is 13.7 Å². The van der Waals surface area contributed by atoms with Crippen LogP contribution in [0.1, 0.15) is 29.2 Å². The van der Waals surface area contributed by atoms with Gasteiger partial charge in [-0.3, -0.25) is 9.69 Å². The van der Waals surface area contributed by atoms with Gasteiger partial charge in [-0.25, -0.2) is 4.79 Å². The third-order valence-corrected chi connectivity index (χ3v) is 3.40. The molecule has 1 amide bonds. The number of furan rings is 1. The highest BCUT2D eigenvalue weighted by atomic mass is 16.5. The average molecular weight is 280 g/mol. The molecule has 1 aromatic rings. The number of carbonyl (C=O) groups excluding carboxylic acids is 2. The van der Waals surface area contributed by atoms with E-state index in [0.717, 1.165) is 26.1 Å². The molecule has 1 aliphatic rings. The first kappa shape index (κ1) is 14.6. The first-order valence-corrected chi connectivity index (χ1v) is 6.73. The van der Waals surface area contributed by atoms with Gasteiger partial charge in [0.2, 0.25) is 11.7 Å². The number of hydrogen-bond donors (Lipinski definition) is 0. The maximum Gasteiger partial charge on any atom is 0.373 e. The first-order chi connectivity index (χ1) is 9.60. The Morgan fingerprint density at radius 3 is 2.95 bits per heavy atom. The van der Waals surface area contributed by atoms with E-state index in [2.05, 4.69) is 9.64 Å². The average Bonchev–Trinajstić information content (AvgIpc) is 3.05. The van der Waals surface area contributed by atoms with Crippen LogP contribution in [0.2, 0.25) is 0 Å². The fourth-order valence-corrected chi connectivity index (χ4v) is 2.25. The zero-order valence-corrected chi connectivity index (χ0v) is 11.9. The maximum absolute atomic E-state index is 11.5. The summed E-state index contributed by atoms with van der Waals surface area (Å²) in [6.45, 7) is 2.97. The molecule has 1 aromatic heterocycles. The van der Waals surface area contributed by atoms with E-state index in [9.17, 15) is 9.59 Å². The first-order valence-electron chi connectivity index (χ1n) is 6.73. The summed E-state index contributed by atoms with van der Waals surface area (Å²) in [4.78, 5) is 26.7. The molecule has 0 N–H and O–H groups in total. The molecule has 0 aromatic carbocycles. The molecule has 2 rings (SSSR count). The molecular weight excluding hydrogens is 260 g/mol. The molecule has 0 bridgehead atoms. The smallest absolute Gasteiger partial charge is 0.373 e. The third kappa shape index (κ3) is 3.60. The molecule has 0 radical (unpaired) electrons. The molecule has 6 heteroatoms. The van der Waals surface area contributed by atoms with Gasteiger partial charge in [-0.2, -0.15) is 0 Å². The van der Waals surface area contributed by atoms with Crippen LogP contribution in [-0.4, -0.2) is 55.5 Å². The molecule has 110 valence electrons. The third-order valence-electron chi connectivity index (χ3n) is 3.40. The van der Waals surface area contributed by atoms with Crippen LogP contribution in [0.3, 0.4) is 0 Å². The van der Waals surface area contributed by atoms with E-state index in [-0.39, 0.29) is 11.7 Å². The minimum atomic E-state index is -0.471. The molecule has 1 aliphatic heterocycles. The van der Waals surface area contributed by atoms with Crippen LogP contribution in [0, 0.1) is 0 Å². The molecule has 2 heterocycles. The number of amides is 1. The van der Waals surface area contributed by atoms with E-state index in [1.165, 1.54) is 7.11 Å². The Kier molecular flexibility index (Phi) is 4.79. The van der Waals surface area contributed by atoms with Crippen molar-refractivity contribution in [2.24, 2.45) is 0 Å². The summed E-state index contributed by atoms with van der Waals surface area (Å²) in [5, 5.41) is 0. The van der Waals surface area contributed by atoms with Crippen LogP contribution in [0.5, 0.6) is 0 Å². The highest BCUT2D eigenvalue weighted by molar-refractivity contribution is 5.86. The van der Waals surface area contributed by atoms with Crippen LogP contribution in [-0.2, 0) is 16.1 Å². The molecule has 0 aliphatic carbocycles. The molecule has 20 heavy (non-hydrogen) atoms. The summed E-state index contributed by atoms with van der Waals surface area (Å²) >= 11 is 0. The number of carbonyl (C=O) groups is 2. The quantitative estimate of drug-likeness (QED) is 0.731. The van der Waals surface area contributed by atoms with Gasteiger partial charge in [-0.1, -0.05) is 0 Å². The number of rotatable bonds is 6. The Hall–Kier alpha value is -1.82. The minimum Gasteiger partial charge on any atom is -0.463 e. The Balaban J connectivity index is 1.79. The van der Waals surface area contributed by atoms with E-state index < -0.39 is 5.97 Å². The van der Waals surface area contributed by atoms with E-state index in [0.29, 0.717) is 18.7 Å². The standard InChI is InChI=1S/C14H20N2O4/c1-15(8-9-16-7-3-4-13(16)17)10-11-5-6-12(20-11)14(18)19-2/h5-6H,3-4,7-10H2,1-2H3. The van der Waals surface area contributed by atoms with Crippen LogP contribution < -0.4 is 0 Å². The second-order valence-corrected chi connectivity index (χ2v) is 4.98. The van der Waals surface area contributed by atoms with Gasteiger partial charge >= 0.3 is 5.97 Å². The van der Waals surface area contributed by atoms with Crippen LogP contribution in [0.4, 0.5) is 0 Å².